The second-order valence-electron chi connectivity index (χ2n) is 1.72. The van der Waals surface area contributed by atoms with Crippen LogP contribution in [0.15, 0.2) is 23.1 Å². The molecule has 3 nitrogen and oxygen atoms in total. The van der Waals surface area contributed by atoms with Gasteiger partial charge < -0.3 is 0 Å². The van der Waals surface area contributed by atoms with Crippen molar-refractivity contribution in [1.82, 2.24) is 0 Å². The minimum Gasteiger partial charge on any atom is -0.282 e. The van der Waals surface area contributed by atoms with Crippen LogP contribution in [0.25, 0.3) is 0 Å². The van der Waals surface area contributed by atoms with Gasteiger partial charge in [-0.2, -0.15) is 8.42 Å². The van der Waals surface area contributed by atoms with E-state index in [1.807, 2.05) is 0 Å². The van der Waals surface area contributed by atoms with Gasteiger partial charge in [0.05, 0.1) is 4.91 Å². The molecule has 0 aromatic heterocycles. The third-order valence-corrected chi connectivity index (χ3v) is 1.93. The van der Waals surface area contributed by atoms with Crippen molar-refractivity contribution in [3.63, 3.8) is 0 Å². The standard InChI is InChI=1S/C5H6O3S/c6-9(7,8)5-3-1-2-4-5/h1,3-4H,2H2,(H,6,7,8). The molecule has 0 heterocycles. The summed E-state index contributed by atoms with van der Waals surface area (Å²) in [6.45, 7) is 0. The van der Waals surface area contributed by atoms with Crippen LogP contribution >= 0.6 is 0 Å². The summed E-state index contributed by atoms with van der Waals surface area (Å²) in [5.41, 5.74) is 0. The second-order valence-corrected chi connectivity index (χ2v) is 3.14. The van der Waals surface area contributed by atoms with Gasteiger partial charge in [0.2, 0.25) is 0 Å². The van der Waals surface area contributed by atoms with Gasteiger partial charge in [-0.25, -0.2) is 0 Å². The summed E-state index contributed by atoms with van der Waals surface area (Å²) < 4.78 is 28.9. The maximum atomic E-state index is 10.3. The van der Waals surface area contributed by atoms with Gasteiger partial charge in [0.1, 0.15) is 0 Å². The van der Waals surface area contributed by atoms with Crippen LogP contribution < -0.4 is 0 Å². The first-order valence-electron chi connectivity index (χ1n) is 2.45. The fraction of sp³-hybridized carbons (Fsp3) is 0.200. The summed E-state index contributed by atoms with van der Waals surface area (Å²) in [4.78, 5) is 0.00231. The van der Waals surface area contributed by atoms with E-state index in [0.717, 1.165) is 0 Å². The molecule has 1 N–H and O–H groups in total. The molecular formula is C5H6O3S. The maximum Gasteiger partial charge on any atom is 0.294 e. The third kappa shape index (κ3) is 1.40. The lowest BCUT2D eigenvalue weighted by Gasteiger charge is -1.88. The first-order chi connectivity index (χ1) is 4.11. The van der Waals surface area contributed by atoms with Gasteiger partial charge in [-0.15, -0.1) is 0 Å². The van der Waals surface area contributed by atoms with Crippen molar-refractivity contribution in [2.24, 2.45) is 0 Å². The molecule has 1 aliphatic carbocycles. The maximum absolute atomic E-state index is 10.3. The van der Waals surface area contributed by atoms with Crippen molar-refractivity contribution in [1.29, 1.82) is 0 Å². The summed E-state index contributed by atoms with van der Waals surface area (Å²) in [7, 11) is -3.93. The molecule has 50 valence electrons. The van der Waals surface area contributed by atoms with E-state index >= 15 is 0 Å². The van der Waals surface area contributed by atoms with Crippen molar-refractivity contribution in [3.8, 4) is 0 Å². The molecule has 0 radical (unpaired) electrons. The van der Waals surface area contributed by atoms with Crippen molar-refractivity contribution in [3.05, 3.63) is 23.1 Å². The van der Waals surface area contributed by atoms with Crippen LogP contribution in [-0.2, 0) is 10.1 Å². The highest BCUT2D eigenvalue weighted by molar-refractivity contribution is 7.90. The topological polar surface area (TPSA) is 54.4 Å². The van der Waals surface area contributed by atoms with Gasteiger partial charge in [-0.1, -0.05) is 12.2 Å². The molecule has 0 saturated heterocycles. The molecule has 0 aromatic rings. The van der Waals surface area contributed by atoms with E-state index in [2.05, 4.69) is 0 Å². The predicted octanol–water partition coefficient (Wildman–Crippen LogP) is 0.718. The summed E-state index contributed by atoms with van der Waals surface area (Å²) in [5, 5.41) is 0. The summed E-state index contributed by atoms with van der Waals surface area (Å²) >= 11 is 0. The Bertz CT molecular complexity index is 258. The molecule has 0 fully saturated rings. The molecule has 0 amide bonds. The molecule has 9 heavy (non-hydrogen) atoms. The first kappa shape index (κ1) is 6.51. The second kappa shape index (κ2) is 1.97. The van der Waals surface area contributed by atoms with Gasteiger partial charge in [0, 0.05) is 0 Å². The molecule has 0 spiro atoms. The Labute approximate surface area is 53.4 Å². The van der Waals surface area contributed by atoms with Crippen molar-refractivity contribution < 1.29 is 13.0 Å². The van der Waals surface area contributed by atoms with Crippen LogP contribution in [0.4, 0.5) is 0 Å². The van der Waals surface area contributed by atoms with Crippen LogP contribution in [-0.4, -0.2) is 13.0 Å². The monoisotopic (exact) mass is 146 g/mol. The third-order valence-electron chi connectivity index (χ3n) is 1.04. The molecule has 1 rings (SSSR count). The van der Waals surface area contributed by atoms with E-state index in [1.54, 1.807) is 6.08 Å². The molecular weight excluding hydrogens is 140 g/mol. The average molecular weight is 146 g/mol. The quantitative estimate of drug-likeness (QED) is 0.554. The smallest absolute Gasteiger partial charge is 0.282 e. The zero-order valence-electron chi connectivity index (χ0n) is 4.61. The van der Waals surface area contributed by atoms with Gasteiger partial charge in [-0.05, 0) is 12.5 Å². The van der Waals surface area contributed by atoms with E-state index in [4.69, 9.17) is 4.55 Å². The highest BCUT2D eigenvalue weighted by Crippen LogP contribution is 2.13. The Morgan fingerprint density at radius 2 is 2.22 bits per heavy atom. The number of allylic oxidation sites excluding steroid dienone is 3. The lowest BCUT2D eigenvalue weighted by Crippen LogP contribution is -1.96. The zero-order chi connectivity index (χ0) is 6.91. The van der Waals surface area contributed by atoms with Crippen LogP contribution in [0, 0.1) is 0 Å². The average Bonchev–Trinajstić information content (AvgIpc) is 2.08. The summed E-state index contributed by atoms with van der Waals surface area (Å²) in [6, 6.07) is 0. The lowest BCUT2D eigenvalue weighted by atomic mass is 10.5. The first-order valence-corrected chi connectivity index (χ1v) is 3.89. The Morgan fingerprint density at radius 1 is 1.56 bits per heavy atom. The molecule has 0 atom stereocenters. The highest BCUT2D eigenvalue weighted by Gasteiger charge is 2.11. The Morgan fingerprint density at radius 3 is 2.44 bits per heavy atom. The van der Waals surface area contributed by atoms with E-state index in [9.17, 15) is 8.42 Å². The molecule has 1 aliphatic rings. The number of hydrogen-bond donors (Lipinski definition) is 1. The summed E-state index contributed by atoms with van der Waals surface area (Å²) in [5.74, 6) is 0. The fourth-order valence-corrected chi connectivity index (χ4v) is 1.20. The van der Waals surface area contributed by atoms with Crippen LogP contribution in [0.3, 0.4) is 0 Å². The molecule has 0 saturated carbocycles. The molecule has 0 aromatic carbocycles. The van der Waals surface area contributed by atoms with Gasteiger partial charge in [0.25, 0.3) is 10.1 Å². The Kier molecular flexibility index (Phi) is 1.42. The summed E-state index contributed by atoms with van der Waals surface area (Å²) in [6.07, 6.45) is 5.10. The normalized spacial score (nSPS) is 18.1. The van der Waals surface area contributed by atoms with Crippen molar-refractivity contribution in [2.45, 2.75) is 6.42 Å². The van der Waals surface area contributed by atoms with E-state index in [0.29, 0.717) is 6.42 Å². The zero-order valence-corrected chi connectivity index (χ0v) is 5.43. The van der Waals surface area contributed by atoms with Crippen LogP contribution in [0.5, 0.6) is 0 Å². The number of rotatable bonds is 1. The lowest BCUT2D eigenvalue weighted by molar-refractivity contribution is 0.492. The van der Waals surface area contributed by atoms with E-state index in [1.165, 1.54) is 12.2 Å². The minimum absolute atomic E-state index is 0.00231. The highest BCUT2D eigenvalue weighted by atomic mass is 32.2. The van der Waals surface area contributed by atoms with Gasteiger partial charge >= 0.3 is 0 Å². The molecule has 0 bridgehead atoms. The predicted molar refractivity (Wildman–Crippen MR) is 33.4 cm³/mol. The molecule has 0 unspecified atom stereocenters. The van der Waals surface area contributed by atoms with E-state index in [-0.39, 0.29) is 4.91 Å². The minimum atomic E-state index is -3.93. The largest absolute Gasteiger partial charge is 0.294 e. The van der Waals surface area contributed by atoms with Crippen LogP contribution in [0.2, 0.25) is 0 Å². The van der Waals surface area contributed by atoms with Crippen LogP contribution in [0.1, 0.15) is 6.42 Å². The van der Waals surface area contributed by atoms with E-state index < -0.39 is 10.1 Å². The SMILES string of the molecule is O=S(=O)(O)C1=CCC=C1. The van der Waals surface area contributed by atoms with Crippen molar-refractivity contribution >= 4 is 10.1 Å². The Balaban J connectivity index is 3.01. The molecule has 4 heteroatoms. The Hall–Kier alpha value is -0.610. The van der Waals surface area contributed by atoms with Crippen molar-refractivity contribution in [2.75, 3.05) is 0 Å². The fourth-order valence-electron chi connectivity index (χ4n) is 0.628. The van der Waals surface area contributed by atoms with Gasteiger partial charge in [-0.3, -0.25) is 4.55 Å². The molecule has 0 aliphatic heterocycles. The van der Waals surface area contributed by atoms with Gasteiger partial charge in [0.15, 0.2) is 0 Å². The number of hydrogen-bond acceptors (Lipinski definition) is 2.